The summed E-state index contributed by atoms with van der Waals surface area (Å²) in [6, 6.07) is 7.58. The number of carbonyl (C=O) groups is 1. The second kappa shape index (κ2) is 9.11. The molecule has 3 atom stereocenters. The first-order valence-electron chi connectivity index (χ1n) is 9.45. The summed E-state index contributed by atoms with van der Waals surface area (Å²) in [6.45, 7) is 1.93. The maximum Gasteiger partial charge on any atom is 0.264 e. The van der Waals surface area contributed by atoms with Crippen molar-refractivity contribution in [3.63, 3.8) is 0 Å². The van der Waals surface area contributed by atoms with Gasteiger partial charge in [-0.25, -0.2) is 18.7 Å². The third kappa shape index (κ3) is 5.36. The highest BCUT2D eigenvalue weighted by Crippen LogP contribution is 2.30. The number of hydroxylamine groups is 1. The molecule has 0 aliphatic carbocycles. The lowest BCUT2D eigenvalue weighted by atomic mass is 9.96. The molecular weight excluding hydrogens is 464 g/mol. The number of carbonyl (C=O) groups excluding carboxylic acids is 1. The fourth-order valence-corrected chi connectivity index (χ4v) is 4.36. The second-order valence-electron chi connectivity index (χ2n) is 7.53. The van der Waals surface area contributed by atoms with E-state index in [1.54, 1.807) is 0 Å². The first-order valence-corrected chi connectivity index (χ1v) is 12.1. The van der Waals surface area contributed by atoms with Gasteiger partial charge in [-0.2, -0.15) is 0 Å². The lowest BCUT2D eigenvalue weighted by molar-refractivity contribution is -0.201. The average Bonchev–Trinajstić information content (AvgIpc) is 3.14. The zero-order valence-electron chi connectivity index (χ0n) is 16.4. The van der Waals surface area contributed by atoms with Gasteiger partial charge in [-0.3, -0.25) is 4.79 Å². The molecule has 1 aromatic rings. The third-order valence-corrected chi connectivity index (χ3v) is 7.76. The predicted molar refractivity (Wildman–Crippen MR) is 111 cm³/mol. The molecule has 2 heterocycles. The van der Waals surface area contributed by atoms with Gasteiger partial charge in [-0.1, -0.05) is 33.2 Å². The van der Waals surface area contributed by atoms with Gasteiger partial charge >= 0.3 is 0 Å². The van der Waals surface area contributed by atoms with Crippen molar-refractivity contribution in [1.29, 1.82) is 0 Å². The minimum Gasteiger partial charge on any atom is -0.392 e. The Kier molecular flexibility index (Phi) is 6.98. The molecule has 10 heteroatoms. The molecule has 160 valence electrons. The van der Waals surface area contributed by atoms with E-state index in [9.17, 15) is 13.2 Å². The Bertz CT molecular complexity index is 867. The Morgan fingerprint density at radius 2 is 2.07 bits per heavy atom. The average molecular weight is 489 g/mol. The van der Waals surface area contributed by atoms with Crippen molar-refractivity contribution in [3.05, 3.63) is 34.3 Å². The molecule has 0 saturated carbocycles. The fourth-order valence-electron chi connectivity index (χ4n) is 3.23. The summed E-state index contributed by atoms with van der Waals surface area (Å²) in [5.41, 5.74) is 3.88. The summed E-state index contributed by atoms with van der Waals surface area (Å²) < 4.78 is 29.6. The zero-order valence-corrected chi connectivity index (χ0v) is 18.8. The Hall–Kier alpha value is -1.49. The van der Waals surface area contributed by atoms with E-state index in [0.29, 0.717) is 25.2 Å². The molecule has 3 unspecified atom stereocenters. The number of nitrogens with zero attached hydrogens (tertiary/aromatic N) is 1. The van der Waals surface area contributed by atoms with Crippen molar-refractivity contribution in [2.45, 2.75) is 56.2 Å². The summed E-state index contributed by atoms with van der Waals surface area (Å²) in [5, 5.41) is 4.09. The Labute approximate surface area is 179 Å². The van der Waals surface area contributed by atoms with Crippen LogP contribution in [0.2, 0.25) is 0 Å². The molecule has 0 aromatic heterocycles. The molecule has 2 aliphatic rings. The lowest BCUT2D eigenvalue weighted by Gasteiger charge is -2.29. The van der Waals surface area contributed by atoms with Gasteiger partial charge in [0.15, 0.2) is 20.9 Å². The highest BCUT2D eigenvalue weighted by molar-refractivity contribution is 9.10. The molecule has 3 rings (SSSR count). The number of hydrogen-bond acceptors (Lipinski definition) is 7. The molecule has 1 amide bonds. The number of nitrogens with one attached hydrogen (secondary N) is 1. The summed E-state index contributed by atoms with van der Waals surface area (Å²) in [4.78, 5) is 23.5. The van der Waals surface area contributed by atoms with Crippen molar-refractivity contribution in [2.24, 2.45) is 5.16 Å². The van der Waals surface area contributed by atoms with Gasteiger partial charge in [0.05, 0.1) is 5.71 Å². The van der Waals surface area contributed by atoms with E-state index >= 15 is 0 Å². The normalized spacial score (nSPS) is 24.3. The van der Waals surface area contributed by atoms with E-state index in [-0.39, 0.29) is 6.42 Å². The van der Waals surface area contributed by atoms with Crippen molar-refractivity contribution in [3.8, 4) is 0 Å². The minimum absolute atomic E-state index is 0.0456. The summed E-state index contributed by atoms with van der Waals surface area (Å²) >= 11 is 3.38. The summed E-state index contributed by atoms with van der Waals surface area (Å²) in [6.07, 6.45) is 2.81. The molecule has 1 aromatic carbocycles. The second-order valence-corrected chi connectivity index (χ2v) is 10.9. The molecule has 0 bridgehead atoms. The van der Waals surface area contributed by atoms with Crippen molar-refractivity contribution in [1.82, 2.24) is 5.48 Å². The van der Waals surface area contributed by atoms with Crippen LogP contribution >= 0.6 is 15.9 Å². The van der Waals surface area contributed by atoms with Crippen LogP contribution in [-0.4, -0.2) is 50.0 Å². The molecule has 0 spiro atoms. The van der Waals surface area contributed by atoms with Crippen molar-refractivity contribution in [2.75, 3.05) is 12.9 Å². The van der Waals surface area contributed by atoms with Crippen molar-refractivity contribution < 1.29 is 27.6 Å². The molecule has 1 saturated heterocycles. The first-order chi connectivity index (χ1) is 13.7. The monoisotopic (exact) mass is 488 g/mol. The fraction of sp³-hybridized carbons (Fsp3) is 0.579. The minimum atomic E-state index is -3.76. The van der Waals surface area contributed by atoms with Gasteiger partial charge in [0.25, 0.3) is 5.91 Å². The summed E-state index contributed by atoms with van der Waals surface area (Å²) in [7, 11) is -3.76. The van der Waals surface area contributed by atoms with Crippen LogP contribution in [-0.2, 0) is 29.0 Å². The smallest absolute Gasteiger partial charge is 0.264 e. The topological polar surface area (TPSA) is 103 Å². The Balaban J connectivity index is 1.64. The molecule has 1 fully saturated rings. The van der Waals surface area contributed by atoms with E-state index in [0.717, 1.165) is 29.1 Å². The van der Waals surface area contributed by atoms with Gasteiger partial charge < -0.3 is 9.57 Å². The zero-order chi connectivity index (χ0) is 21.1. The molecule has 1 N–H and O–H groups in total. The Morgan fingerprint density at radius 1 is 1.34 bits per heavy atom. The highest BCUT2D eigenvalue weighted by atomic mass is 79.9. The quantitative estimate of drug-likeness (QED) is 0.591. The maximum atomic E-state index is 12.8. The van der Waals surface area contributed by atoms with E-state index in [2.05, 4.69) is 26.6 Å². The maximum absolute atomic E-state index is 12.8. The SMILES string of the molecule is CC(CC1CC(c2ccc(Br)cc2)=NO1)(C(=O)NOC1CCCCO1)S(C)(=O)=O. The van der Waals surface area contributed by atoms with Crippen LogP contribution < -0.4 is 5.48 Å². The number of ether oxygens (including phenoxy) is 1. The number of benzene rings is 1. The third-order valence-electron chi connectivity index (χ3n) is 5.25. The van der Waals surface area contributed by atoms with Crippen LogP contribution in [0.1, 0.15) is 44.6 Å². The van der Waals surface area contributed by atoms with E-state index in [4.69, 9.17) is 14.4 Å². The van der Waals surface area contributed by atoms with E-state index < -0.39 is 32.9 Å². The van der Waals surface area contributed by atoms with Crippen molar-refractivity contribution >= 4 is 37.4 Å². The molecule has 0 radical (unpaired) electrons. The van der Waals surface area contributed by atoms with Crippen LogP contribution in [0.4, 0.5) is 0 Å². The number of halogens is 1. The van der Waals surface area contributed by atoms with Crippen LogP contribution in [0.25, 0.3) is 0 Å². The van der Waals surface area contributed by atoms with Gasteiger partial charge in [-0.15, -0.1) is 0 Å². The van der Waals surface area contributed by atoms with Crippen LogP contribution in [0.3, 0.4) is 0 Å². The molecule has 2 aliphatic heterocycles. The number of sulfone groups is 1. The number of oxime groups is 1. The highest BCUT2D eigenvalue weighted by Gasteiger charge is 2.47. The first kappa shape index (κ1) is 22.2. The van der Waals surface area contributed by atoms with Gasteiger partial charge in [0.2, 0.25) is 0 Å². The molecule has 8 nitrogen and oxygen atoms in total. The van der Waals surface area contributed by atoms with Crippen LogP contribution in [0, 0.1) is 0 Å². The van der Waals surface area contributed by atoms with Gasteiger partial charge in [0, 0.05) is 36.6 Å². The lowest BCUT2D eigenvalue weighted by Crippen LogP contribution is -2.52. The number of rotatable bonds is 7. The van der Waals surface area contributed by atoms with Gasteiger partial charge in [-0.05, 0) is 37.5 Å². The van der Waals surface area contributed by atoms with Crippen LogP contribution in [0.5, 0.6) is 0 Å². The Morgan fingerprint density at radius 3 is 2.69 bits per heavy atom. The molecular formula is C19H25BrN2O6S. The van der Waals surface area contributed by atoms with E-state index in [1.165, 1.54) is 6.92 Å². The van der Waals surface area contributed by atoms with Crippen LogP contribution in [0.15, 0.2) is 33.9 Å². The predicted octanol–water partition coefficient (Wildman–Crippen LogP) is 2.71. The van der Waals surface area contributed by atoms with E-state index in [1.807, 2.05) is 24.3 Å². The number of hydrogen-bond donors (Lipinski definition) is 1. The largest absolute Gasteiger partial charge is 0.392 e. The summed E-state index contributed by atoms with van der Waals surface area (Å²) in [5.74, 6) is -0.741. The number of amides is 1. The molecule has 29 heavy (non-hydrogen) atoms. The standard InChI is InChI=1S/C19H25BrN2O6S/c1-19(29(2,24)25,18(23)22-28-17-5-3-4-10-26-17)12-15-11-16(21-27-15)13-6-8-14(20)9-7-13/h6-9,15,17H,3-5,10-12H2,1-2H3,(H,22,23). The van der Waals surface area contributed by atoms with Gasteiger partial charge in [0.1, 0.15) is 6.10 Å².